The van der Waals surface area contributed by atoms with Gasteiger partial charge >= 0.3 is 0 Å². The van der Waals surface area contributed by atoms with Crippen molar-refractivity contribution >= 4 is 12.9 Å². The van der Waals surface area contributed by atoms with E-state index < -0.39 is 0 Å². The molecule has 0 bridgehead atoms. The lowest BCUT2D eigenvalue weighted by Gasteiger charge is -1.85. The first-order valence-corrected chi connectivity index (χ1v) is 2.84. The van der Waals surface area contributed by atoms with E-state index in [2.05, 4.69) is 13.4 Å². The normalized spacial score (nSPS) is 7.20. The number of hydrogen-bond donors (Lipinski definition) is 0. The standard InChI is InChI=1S/C8H8.CHO/c1-2-8-6-4-3-5-7-8;1-2/h2-7H,1H2;1H. The van der Waals surface area contributed by atoms with Gasteiger partial charge in [0.15, 0.2) is 6.79 Å². The van der Waals surface area contributed by atoms with Gasteiger partial charge in [-0.3, -0.25) is 4.79 Å². The van der Waals surface area contributed by atoms with Crippen LogP contribution in [-0.4, -0.2) is 6.79 Å². The summed E-state index contributed by atoms with van der Waals surface area (Å²) in [5, 5.41) is 0. The van der Waals surface area contributed by atoms with Crippen LogP contribution in [0.25, 0.3) is 6.08 Å². The van der Waals surface area contributed by atoms with Gasteiger partial charge in [-0.1, -0.05) is 43.0 Å². The molecule has 1 aromatic carbocycles. The van der Waals surface area contributed by atoms with Gasteiger partial charge in [0.25, 0.3) is 0 Å². The van der Waals surface area contributed by atoms with Crippen molar-refractivity contribution in [2.45, 2.75) is 0 Å². The fraction of sp³-hybridized carbons (Fsp3) is 0. The molecule has 0 aromatic heterocycles. The summed E-state index contributed by atoms with van der Waals surface area (Å²) in [5.74, 6) is 0. The Hall–Kier alpha value is -1.37. The zero-order chi connectivity index (χ0) is 7.82. The molecule has 1 aromatic rings. The first-order valence-electron chi connectivity index (χ1n) is 2.84. The van der Waals surface area contributed by atoms with Crippen LogP contribution in [0.5, 0.6) is 0 Å². The van der Waals surface area contributed by atoms with Crippen molar-refractivity contribution in [2.24, 2.45) is 0 Å². The molecule has 1 heteroatoms. The molecule has 0 unspecified atom stereocenters. The number of carbonyl (C=O) groups excluding carboxylic acids is 1. The largest absolute Gasteiger partial charge is 0.295 e. The molecule has 0 fully saturated rings. The summed E-state index contributed by atoms with van der Waals surface area (Å²) < 4.78 is 0. The molecule has 0 amide bonds. The first-order chi connectivity index (χ1) is 4.93. The van der Waals surface area contributed by atoms with Gasteiger partial charge in [-0.25, -0.2) is 0 Å². The summed E-state index contributed by atoms with van der Waals surface area (Å²) >= 11 is 0. The number of benzene rings is 1. The van der Waals surface area contributed by atoms with Crippen LogP contribution in [0.1, 0.15) is 5.56 Å². The topological polar surface area (TPSA) is 17.1 Å². The number of hydrogen-bond acceptors (Lipinski definition) is 1. The molecule has 0 spiro atoms. The summed E-state index contributed by atoms with van der Waals surface area (Å²) in [6.45, 7) is 6.88. The summed E-state index contributed by atoms with van der Waals surface area (Å²) in [6, 6.07) is 10.0. The molecule has 0 aliphatic carbocycles. The van der Waals surface area contributed by atoms with Crippen LogP contribution >= 0.6 is 0 Å². The third kappa shape index (κ3) is 2.82. The second kappa shape index (κ2) is 5.76. The fourth-order valence-electron chi connectivity index (χ4n) is 0.589. The number of rotatable bonds is 1. The molecule has 0 atom stereocenters. The maximum atomic E-state index is 7.75. The van der Waals surface area contributed by atoms with E-state index >= 15 is 0 Å². The van der Waals surface area contributed by atoms with Gasteiger partial charge in [0.1, 0.15) is 0 Å². The zero-order valence-electron chi connectivity index (χ0n) is 5.66. The van der Waals surface area contributed by atoms with Crippen LogP contribution < -0.4 is 0 Å². The predicted molar refractivity (Wildman–Crippen MR) is 43.3 cm³/mol. The average molecular weight is 133 g/mol. The lowest BCUT2D eigenvalue weighted by atomic mass is 10.2. The molecule has 1 radical (unpaired) electrons. The van der Waals surface area contributed by atoms with Gasteiger partial charge in [0.05, 0.1) is 0 Å². The van der Waals surface area contributed by atoms with Gasteiger partial charge < -0.3 is 0 Å². The van der Waals surface area contributed by atoms with Crippen molar-refractivity contribution in [3.63, 3.8) is 0 Å². The quantitative estimate of drug-likeness (QED) is 0.536. The second-order valence-corrected chi connectivity index (χ2v) is 1.61. The SMILES string of the molecule is C=Cc1ccccc1.[CH]=O. The minimum absolute atomic E-state index is 1.17. The molecule has 0 saturated heterocycles. The van der Waals surface area contributed by atoms with Gasteiger partial charge in [-0.2, -0.15) is 0 Å². The monoisotopic (exact) mass is 133 g/mol. The lowest BCUT2D eigenvalue weighted by molar-refractivity contribution is 0.574. The fourth-order valence-corrected chi connectivity index (χ4v) is 0.589. The average Bonchev–Trinajstić information content (AvgIpc) is 2.10. The van der Waals surface area contributed by atoms with Crippen LogP contribution in [0, 0.1) is 0 Å². The third-order valence-electron chi connectivity index (χ3n) is 1.04. The maximum Gasteiger partial charge on any atom is 0.182 e. The Morgan fingerprint density at radius 3 is 2.00 bits per heavy atom. The molecule has 0 saturated carbocycles. The Kier molecular flexibility index (Phi) is 4.97. The van der Waals surface area contributed by atoms with Crippen molar-refractivity contribution in [1.29, 1.82) is 0 Å². The highest BCUT2D eigenvalue weighted by atomic mass is 16.1. The van der Waals surface area contributed by atoms with E-state index in [0.29, 0.717) is 0 Å². The second-order valence-electron chi connectivity index (χ2n) is 1.61. The molecule has 10 heavy (non-hydrogen) atoms. The Balaban J connectivity index is 0.000000371. The van der Waals surface area contributed by atoms with Gasteiger partial charge in [0, 0.05) is 0 Å². The van der Waals surface area contributed by atoms with Crippen LogP contribution in [0.3, 0.4) is 0 Å². The molecule has 1 rings (SSSR count). The summed E-state index contributed by atoms with van der Waals surface area (Å²) in [5.41, 5.74) is 1.17. The van der Waals surface area contributed by atoms with Crippen LogP contribution in [-0.2, 0) is 4.79 Å². The van der Waals surface area contributed by atoms with Crippen molar-refractivity contribution in [3.05, 3.63) is 42.5 Å². The van der Waals surface area contributed by atoms with E-state index in [1.165, 1.54) is 5.56 Å². The Morgan fingerprint density at radius 1 is 1.20 bits per heavy atom. The minimum atomic E-state index is 1.17. The molecule has 0 aliphatic heterocycles. The summed E-state index contributed by atoms with van der Waals surface area (Å²) in [4.78, 5) is 7.75. The molecule has 0 heterocycles. The van der Waals surface area contributed by atoms with Crippen molar-refractivity contribution in [2.75, 3.05) is 0 Å². The van der Waals surface area contributed by atoms with Crippen molar-refractivity contribution < 1.29 is 4.79 Å². The van der Waals surface area contributed by atoms with Crippen LogP contribution in [0.4, 0.5) is 0 Å². The van der Waals surface area contributed by atoms with E-state index in [1.807, 2.05) is 36.4 Å². The molecule has 51 valence electrons. The predicted octanol–water partition coefficient (Wildman–Crippen LogP) is 2.06. The van der Waals surface area contributed by atoms with Gasteiger partial charge in [-0.15, -0.1) is 0 Å². The first kappa shape index (κ1) is 8.63. The lowest BCUT2D eigenvalue weighted by Crippen LogP contribution is -1.63. The highest BCUT2D eigenvalue weighted by molar-refractivity contribution is 5.45. The van der Waals surface area contributed by atoms with E-state index in [9.17, 15) is 0 Å². The Morgan fingerprint density at radius 2 is 1.70 bits per heavy atom. The van der Waals surface area contributed by atoms with Gasteiger partial charge in [0.2, 0.25) is 0 Å². The van der Waals surface area contributed by atoms with Crippen molar-refractivity contribution in [3.8, 4) is 0 Å². The molecule has 0 aliphatic rings. The van der Waals surface area contributed by atoms with Crippen LogP contribution in [0.15, 0.2) is 36.9 Å². The third-order valence-corrected chi connectivity index (χ3v) is 1.04. The molecule has 1 nitrogen and oxygen atoms in total. The van der Waals surface area contributed by atoms with E-state index in [0.717, 1.165) is 0 Å². The minimum Gasteiger partial charge on any atom is -0.295 e. The van der Waals surface area contributed by atoms with E-state index in [4.69, 9.17) is 4.79 Å². The van der Waals surface area contributed by atoms with E-state index in [-0.39, 0.29) is 0 Å². The van der Waals surface area contributed by atoms with E-state index in [1.54, 1.807) is 0 Å². The Labute approximate surface area is 61.0 Å². The smallest absolute Gasteiger partial charge is 0.182 e. The molecule has 0 N–H and O–H groups in total. The molecular formula is C9H9O. The summed E-state index contributed by atoms with van der Waals surface area (Å²) in [6.07, 6.45) is 1.83. The Bertz CT molecular complexity index is 179. The molecular weight excluding hydrogens is 124 g/mol. The highest BCUT2D eigenvalue weighted by Gasteiger charge is 1.75. The van der Waals surface area contributed by atoms with Crippen LogP contribution in [0.2, 0.25) is 0 Å². The maximum absolute atomic E-state index is 7.75. The summed E-state index contributed by atoms with van der Waals surface area (Å²) in [7, 11) is 0. The van der Waals surface area contributed by atoms with Crippen molar-refractivity contribution in [1.82, 2.24) is 0 Å². The van der Waals surface area contributed by atoms with Gasteiger partial charge in [-0.05, 0) is 5.56 Å². The zero-order valence-corrected chi connectivity index (χ0v) is 5.66. The highest BCUT2D eigenvalue weighted by Crippen LogP contribution is 1.97.